The van der Waals surface area contributed by atoms with E-state index in [9.17, 15) is 18.0 Å². The molecule has 0 unspecified atom stereocenters. The highest BCUT2D eigenvalue weighted by molar-refractivity contribution is 7.89. The van der Waals surface area contributed by atoms with Gasteiger partial charge < -0.3 is 14.5 Å². The summed E-state index contributed by atoms with van der Waals surface area (Å²) in [5, 5.41) is 2.48. The van der Waals surface area contributed by atoms with Crippen LogP contribution in [0.4, 0.5) is 5.69 Å². The molecule has 1 aromatic heterocycles. The maximum absolute atomic E-state index is 12.3. The van der Waals surface area contributed by atoms with E-state index in [-0.39, 0.29) is 33.0 Å². The van der Waals surface area contributed by atoms with Crippen molar-refractivity contribution in [1.82, 2.24) is 9.29 Å². The van der Waals surface area contributed by atoms with Crippen molar-refractivity contribution < 1.29 is 27.2 Å². The van der Waals surface area contributed by atoms with Gasteiger partial charge in [0.1, 0.15) is 10.7 Å². The van der Waals surface area contributed by atoms with Gasteiger partial charge in [-0.15, -0.1) is 0 Å². The molecule has 0 radical (unpaired) electrons. The van der Waals surface area contributed by atoms with Gasteiger partial charge in [0.05, 0.1) is 5.02 Å². The number of rotatable bonds is 7. The molecule has 0 bridgehead atoms. The standard InChI is InChI=1S/C21H20ClN3O6S/c1-13-19(24-20(31-13)14-7-5-4-6-8-14)21(27)30-12-18(26)23-15-9-10-16(22)17(11-15)32(28,29)25(2)3/h4-11H,12H2,1-3H3,(H,23,26). The molecule has 1 N–H and O–H groups in total. The molecule has 2 aromatic carbocycles. The number of benzene rings is 2. The van der Waals surface area contributed by atoms with E-state index in [2.05, 4.69) is 10.3 Å². The zero-order chi connectivity index (χ0) is 23.5. The average Bonchev–Trinajstić information content (AvgIpc) is 3.15. The van der Waals surface area contributed by atoms with E-state index in [4.69, 9.17) is 20.8 Å². The summed E-state index contributed by atoms with van der Waals surface area (Å²) in [5.74, 6) is -0.977. The average molecular weight is 478 g/mol. The van der Waals surface area contributed by atoms with Crippen LogP contribution in [0.25, 0.3) is 11.5 Å². The van der Waals surface area contributed by atoms with Crippen molar-refractivity contribution >= 4 is 39.2 Å². The molecule has 0 saturated heterocycles. The molecule has 0 aliphatic heterocycles. The molecule has 9 nitrogen and oxygen atoms in total. The van der Waals surface area contributed by atoms with Crippen LogP contribution in [0.1, 0.15) is 16.2 Å². The topological polar surface area (TPSA) is 119 Å². The Morgan fingerprint density at radius 3 is 2.50 bits per heavy atom. The molecule has 1 heterocycles. The van der Waals surface area contributed by atoms with E-state index in [1.165, 1.54) is 32.3 Å². The fourth-order valence-electron chi connectivity index (χ4n) is 2.66. The van der Waals surface area contributed by atoms with Gasteiger partial charge in [-0.05, 0) is 37.3 Å². The molecular formula is C21H20ClN3O6S. The minimum absolute atomic E-state index is 0.0128. The van der Waals surface area contributed by atoms with Crippen LogP contribution < -0.4 is 5.32 Å². The summed E-state index contributed by atoms with van der Waals surface area (Å²) in [5.41, 5.74) is 0.834. The van der Waals surface area contributed by atoms with Gasteiger partial charge in [-0.25, -0.2) is 22.5 Å². The Morgan fingerprint density at radius 1 is 1.16 bits per heavy atom. The lowest BCUT2D eigenvalue weighted by Crippen LogP contribution is -2.24. The highest BCUT2D eigenvalue weighted by atomic mass is 35.5. The normalized spacial score (nSPS) is 11.4. The monoisotopic (exact) mass is 477 g/mol. The van der Waals surface area contributed by atoms with Crippen LogP contribution in [-0.4, -0.2) is 50.3 Å². The summed E-state index contributed by atoms with van der Waals surface area (Å²) in [4.78, 5) is 28.5. The second-order valence-electron chi connectivity index (χ2n) is 6.85. The number of hydrogen-bond donors (Lipinski definition) is 1. The van der Waals surface area contributed by atoms with Crippen LogP contribution in [0.15, 0.2) is 57.8 Å². The Labute approximate surface area is 190 Å². The van der Waals surface area contributed by atoms with E-state index in [1.807, 2.05) is 18.2 Å². The first-order valence-electron chi connectivity index (χ1n) is 9.31. The first kappa shape index (κ1) is 23.5. The van der Waals surface area contributed by atoms with E-state index in [1.54, 1.807) is 19.1 Å². The molecule has 1 amide bonds. The van der Waals surface area contributed by atoms with Crippen LogP contribution in [-0.2, 0) is 19.6 Å². The number of nitrogens with zero attached hydrogens (tertiary/aromatic N) is 2. The quantitative estimate of drug-likeness (QED) is 0.518. The second kappa shape index (κ2) is 9.51. The molecule has 3 rings (SSSR count). The Kier molecular flexibility index (Phi) is 6.97. The molecule has 11 heteroatoms. The summed E-state index contributed by atoms with van der Waals surface area (Å²) in [6.07, 6.45) is 0. The van der Waals surface area contributed by atoms with Crippen molar-refractivity contribution in [3.05, 3.63) is 65.0 Å². The first-order valence-corrected chi connectivity index (χ1v) is 11.1. The minimum Gasteiger partial charge on any atom is -0.451 e. The third kappa shape index (κ3) is 5.16. The summed E-state index contributed by atoms with van der Waals surface area (Å²) >= 11 is 5.99. The van der Waals surface area contributed by atoms with E-state index in [0.29, 0.717) is 5.56 Å². The summed E-state index contributed by atoms with van der Waals surface area (Å²) in [7, 11) is -1.07. The number of esters is 1. The Morgan fingerprint density at radius 2 is 1.84 bits per heavy atom. The predicted octanol–water partition coefficient (Wildman–Crippen LogP) is 3.35. The van der Waals surface area contributed by atoms with Crippen LogP contribution in [0.3, 0.4) is 0 Å². The number of anilines is 1. The van der Waals surface area contributed by atoms with Gasteiger partial charge in [0.2, 0.25) is 15.9 Å². The fraction of sp³-hybridized carbons (Fsp3) is 0.190. The molecule has 0 aliphatic rings. The number of nitrogens with one attached hydrogen (secondary N) is 1. The van der Waals surface area contributed by atoms with Crippen LogP contribution in [0.2, 0.25) is 5.02 Å². The lowest BCUT2D eigenvalue weighted by molar-refractivity contribution is -0.119. The molecule has 0 spiro atoms. The first-order chi connectivity index (χ1) is 15.1. The highest BCUT2D eigenvalue weighted by Crippen LogP contribution is 2.27. The van der Waals surface area contributed by atoms with Gasteiger partial charge in [-0.1, -0.05) is 29.8 Å². The number of halogens is 1. The molecule has 0 saturated carbocycles. The van der Waals surface area contributed by atoms with Crippen LogP contribution in [0.5, 0.6) is 0 Å². The lowest BCUT2D eigenvalue weighted by Gasteiger charge is -2.14. The number of aryl methyl sites for hydroxylation is 1. The maximum atomic E-state index is 12.3. The minimum atomic E-state index is -3.81. The SMILES string of the molecule is Cc1oc(-c2ccccc2)nc1C(=O)OCC(=O)Nc1ccc(Cl)c(S(=O)(=O)N(C)C)c1. The van der Waals surface area contributed by atoms with Crippen molar-refractivity contribution in [2.75, 3.05) is 26.0 Å². The van der Waals surface area contributed by atoms with Gasteiger partial charge >= 0.3 is 5.97 Å². The van der Waals surface area contributed by atoms with Crippen molar-refractivity contribution in [2.24, 2.45) is 0 Å². The van der Waals surface area contributed by atoms with Gasteiger partial charge in [-0.2, -0.15) is 0 Å². The third-order valence-corrected chi connectivity index (χ3v) is 6.62. The number of oxazole rings is 1. The Hall–Kier alpha value is -3.21. The van der Waals surface area contributed by atoms with Crippen molar-refractivity contribution in [3.8, 4) is 11.5 Å². The molecule has 168 valence electrons. The second-order valence-corrected chi connectivity index (χ2v) is 9.37. The Balaban J connectivity index is 1.66. The number of ether oxygens (including phenoxy) is 1. The molecule has 0 atom stereocenters. The summed E-state index contributed by atoms with van der Waals surface area (Å²) in [6.45, 7) is 0.959. The molecule has 0 fully saturated rings. The molecular weight excluding hydrogens is 458 g/mol. The number of sulfonamides is 1. The molecule has 3 aromatic rings. The fourth-order valence-corrected chi connectivity index (χ4v) is 4.06. The van der Waals surface area contributed by atoms with Crippen molar-refractivity contribution in [2.45, 2.75) is 11.8 Å². The van der Waals surface area contributed by atoms with E-state index in [0.717, 1.165) is 4.31 Å². The van der Waals surface area contributed by atoms with E-state index < -0.39 is 28.5 Å². The Bertz CT molecular complexity index is 1260. The number of aromatic nitrogens is 1. The zero-order valence-corrected chi connectivity index (χ0v) is 19.0. The highest BCUT2D eigenvalue weighted by Gasteiger charge is 2.23. The van der Waals surface area contributed by atoms with Gasteiger partial charge in [0, 0.05) is 25.3 Å². The number of hydrogen-bond acceptors (Lipinski definition) is 7. The van der Waals surface area contributed by atoms with Gasteiger partial charge in [-0.3, -0.25) is 4.79 Å². The van der Waals surface area contributed by atoms with Gasteiger partial charge in [0.25, 0.3) is 5.91 Å². The summed E-state index contributed by atoms with van der Waals surface area (Å²) < 4.78 is 36.2. The predicted molar refractivity (Wildman–Crippen MR) is 118 cm³/mol. The zero-order valence-electron chi connectivity index (χ0n) is 17.5. The molecule has 0 aliphatic carbocycles. The van der Waals surface area contributed by atoms with E-state index >= 15 is 0 Å². The molecule has 32 heavy (non-hydrogen) atoms. The lowest BCUT2D eigenvalue weighted by atomic mass is 10.2. The van der Waals surface area contributed by atoms with Crippen molar-refractivity contribution in [1.29, 1.82) is 0 Å². The maximum Gasteiger partial charge on any atom is 0.361 e. The third-order valence-electron chi connectivity index (χ3n) is 4.32. The van der Waals surface area contributed by atoms with Crippen molar-refractivity contribution in [3.63, 3.8) is 0 Å². The summed E-state index contributed by atoms with van der Waals surface area (Å²) in [6, 6.07) is 13.0. The largest absolute Gasteiger partial charge is 0.451 e. The number of amides is 1. The smallest absolute Gasteiger partial charge is 0.361 e. The number of carbonyl (C=O) groups is 2. The van der Waals surface area contributed by atoms with Crippen LogP contribution in [0, 0.1) is 6.92 Å². The number of carbonyl (C=O) groups excluding carboxylic acids is 2. The van der Waals surface area contributed by atoms with Crippen LogP contribution >= 0.6 is 11.6 Å². The van der Waals surface area contributed by atoms with Gasteiger partial charge in [0.15, 0.2) is 12.3 Å².